The van der Waals surface area contributed by atoms with Crippen molar-refractivity contribution in [2.45, 2.75) is 32.7 Å². The van der Waals surface area contributed by atoms with E-state index in [1.54, 1.807) is 65.3 Å². The molecule has 2 atom stereocenters. The van der Waals surface area contributed by atoms with E-state index in [2.05, 4.69) is 5.32 Å². The van der Waals surface area contributed by atoms with Crippen LogP contribution in [0, 0.1) is 5.92 Å². The molecule has 47 heavy (non-hydrogen) atoms. The van der Waals surface area contributed by atoms with E-state index in [-0.39, 0.29) is 22.8 Å². The van der Waals surface area contributed by atoms with Crippen LogP contribution in [0.15, 0.2) is 54.6 Å². The maximum Gasteiger partial charge on any atom is 0.248 e. The fourth-order valence-electron chi connectivity index (χ4n) is 5.77. The second-order valence-electron chi connectivity index (χ2n) is 11.5. The molecule has 5 rings (SSSR count). The summed E-state index contributed by atoms with van der Waals surface area (Å²) in [5.41, 5.74) is 1.13. The van der Waals surface area contributed by atoms with E-state index < -0.39 is 12.0 Å². The molecule has 3 heterocycles. The minimum Gasteiger partial charge on any atom is -0.493 e. The van der Waals surface area contributed by atoms with Crippen LogP contribution in [0.2, 0.25) is 0 Å². The summed E-state index contributed by atoms with van der Waals surface area (Å²) in [5.74, 6) is 0.939. The predicted molar refractivity (Wildman–Crippen MR) is 182 cm³/mol. The highest BCUT2D eigenvalue weighted by Gasteiger charge is 2.36. The molecule has 2 aromatic carbocycles. The third-order valence-corrected chi connectivity index (χ3v) is 9.51. The van der Waals surface area contributed by atoms with Crippen molar-refractivity contribution in [1.29, 1.82) is 0 Å². The molecule has 12 nitrogen and oxygen atoms in total. The van der Waals surface area contributed by atoms with Gasteiger partial charge in [0, 0.05) is 61.4 Å². The molecular weight excluding hydrogens is 620 g/mol. The average Bonchev–Trinajstić information content (AvgIpc) is 3.60. The van der Waals surface area contributed by atoms with E-state index >= 15 is 0 Å². The van der Waals surface area contributed by atoms with Gasteiger partial charge in [0.1, 0.15) is 11.9 Å². The molecule has 0 radical (unpaired) electrons. The van der Waals surface area contributed by atoms with Crippen LogP contribution in [-0.4, -0.2) is 101 Å². The van der Waals surface area contributed by atoms with E-state index in [9.17, 15) is 19.2 Å². The van der Waals surface area contributed by atoms with Crippen LogP contribution in [-0.2, 0) is 14.4 Å². The first-order valence-electron chi connectivity index (χ1n) is 15.7. The number of anilines is 2. The summed E-state index contributed by atoms with van der Waals surface area (Å²) in [4.78, 5) is 67.3. The molecule has 0 aliphatic carbocycles. The number of likely N-dealkylation sites (tertiary alicyclic amines) is 1. The predicted octanol–water partition coefficient (Wildman–Crippen LogP) is 4.01. The van der Waals surface area contributed by atoms with Gasteiger partial charge in [-0.15, -0.1) is 0 Å². The number of aromatic nitrogens is 2. The minimum absolute atomic E-state index is 0.0391. The highest BCUT2D eigenvalue weighted by molar-refractivity contribution is 8.14. The Kier molecular flexibility index (Phi) is 11.0. The number of thioether (sulfide) groups is 1. The van der Waals surface area contributed by atoms with Crippen LogP contribution in [0.5, 0.6) is 11.5 Å². The van der Waals surface area contributed by atoms with Gasteiger partial charge in [-0.2, -0.15) is 4.98 Å². The van der Waals surface area contributed by atoms with E-state index in [0.717, 1.165) is 11.8 Å². The number of amides is 3. The fourth-order valence-corrected chi connectivity index (χ4v) is 6.62. The summed E-state index contributed by atoms with van der Waals surface area (Å²) >= 11 is 1.11. The SMILES string of the molecule is CC=CC(=O)N1CCN(c2nc(NC(=O)C3CCCN3C(=O)C(C)CSC(=O)c3ccccc3)c3cc(OC)c(OC)cc3n2)CC1. The van der Waals surface area contributed by atoms with Crippen LogP contribution < -0.4 is 19.7 Å². The van der Waals surface area contributed by atoms with Gasteiger partial charge < -0.3 is 29.5 Å². The summed E-state index contributed by atoms with van der Waals surface area (Å²) in [7, 11) is 3.07. The highest BCUT2D eigenvalue weighted by atomic mass is 32.2. The largest absolute Gasteiger partial charge is 0.493 e. The summed E-state index contributed by atoms with van der Waals surface area (Å²) in [6.07, 6.45) is 4.47. The van der Waals surface area contributed by atoms with Crippen LogP contribution in [0.4, 0.5) is 11.8 Å². The number of nitrogens with one attached hydrogen (secondary N) is 1. The van der Waals surface area contributed by atoms with Gasteiger partial charge in [-0.25, -0.2) is 4.98 Å². The summed E-state index contributed by atoms with van der Waals surface area (Å²) in [6.45, 7) is 6.10. The Morgan fingerprint density at radius 2 is 1.70 bits per heavy atom. The Balaban J connectivity index is 1.35. The van der Waals surface area contributed by atoms with E-state index in [4.69, 9.17) is 19.4 Å². The van der Waals surface area contributed by atoms with Gasteiger partial charge in [-0.05, 0) is 31.9 Å². The topological polar surface area (TPSA) is 134 Å². The van der Waals surface area contributed by atoms with Gasteiger partial charge in [0.05, 0.1) is 19.7 Å². The van der Waals surface area contributed by atoms with Crippen molar-refractivity contribution >= 4 is 57.3 Å². The molecule has 1 aromatic heterocycles. The summed E-state index contributed by atoms with van der Waals surface area (Å²) < 4.78 is 11.0. The number of allylic oxidation sites excluding steroid dienone is 1. The van der Waals surface area contributed by atoms with E-state index in [1.165, 1.54) is 14.2 Å². The van der Waals surface area contributed by atoms with Crippen molar-refractivity contribution in [2.24, 2.45) is 5.92 Å². The molecule has 2 saturated heterocycles. The first-order chi connectivity index (χ1) is 22.7. The molecule has 248 valence electrons. The number of carbonyl (C=O) groups is 4. The number of rotatable bonds is 10. The lowest BCUT2D eigenvalue weighted by molar-refractivity contribution is -0.139. The van der Waals surface area contributed by atoms with Crippen molar-refractivity contribution in [1.82, 2.24) is 19.8 Å². The molecule has 0 saturated carbocycles. The van der Waals surface area contributed by atoms with Crippen molar-refractivity contribution in [3.8, 4) is 11.5 Å². The number of hydrogen-bond acceptors (Lipinski definition) is 10. The zero-order chi connectivity index (χ0) is 33.5. The van der Waals surface area contributed by atoms with Gasteiger partial charge >= 0.3 is 0 Å². The van der Waals surface area contributed by atoms with Crippen molar-refractivity contribution in [3.05, 3.63) is 60.2 Å². The molecule has 2 fully saturated rings. The first-order valence-corrected chi connectivity index (χ1v) is 16.7. The van der Waals surface area contributed by atoms with Gasteiger partial charge in [0.25, 0.3) is 0 Å². The summed E-state index contributed by atoms with van der Waals surface area (Å²) in [6, 6.07) is 11.7. The summed E-state index contributed by atoms with van der Waals surface area (Å²) in [5, 5.41) is 3.46. The maximum atomic E-state index is 13.8. The number of benzene rings is 2. The molecular formula is C34H40N6O6S. The average molecular weight is 661 g/mol. The van der Waals surface area contributed by atoms with Gasteiger partial charge in [-0.1, -0.05) is 55.1 Å². The Hall–Kier alpha value is -4.65. The molecule has 13 heteroatoms. The number of carbonyl (C=O) groups excluding carboxylic acids is 4. The first kappa shape index (κ1) is 33.7. The Labute approximate surface area is 278 Å². The number of ether oxygens (including phenoxy) is 2. The highest BCUT2D eigenvalue weighted by Crippen LogP contribution is 2.35. The lowest BCUT2D eigenvalue weighted by Crippen LogP contribution is -2.49. The normalized spacial score (nSPS) is 17.2. The van der Waals surface area contributed by atoms with Crippen LogP contribution >= 0.6 is 11.8 Å². The number of nitrogens with zero attached hydrogens (tertiary/aromatic N) is 5. The second kappa shape index (κ2) is 15.3. The van der Waals surface area contributed by atoms with Gasteiger partial charge in [-0.3, -0.25) is 19.2 Å². The monoisotopic (exact) mass is 660 g/mol. The molecule has 2 aliphatic heterocycles. The van der Waals surface area contributed by atoms with Crippen LogP contribution in [0.25, 0.3) is 10.9 Å². The maximum absolute atomic E-state index is 13.8. The lowest BCUT2D eigenvalue weighted by Gasteiger charge is -2.34. The molecule has 1 N–H and O–H groups in total. The quantitative estimate of drug-likeness (QED) is 0.318. The Morgan fingerprint density at radius 1 is 1.00 bits per heavy atom. The number of piperazine rings is 1. The van der Waals surface area contributed by atoms with Crippen molar-refractivity contribution in [2.75, 3.05) is 62.9 Å². The molecule has 2 unspecified atom stereocenters. The Bertz CT molecular complexity index is 1660. The van der Waals surface area contributed by atoms with Crippen molar-refractivity contribution < 1.29 is 28.7 Å². The molecule has 3 amide bonds. The minimum atomic E-state index is -0.686. The van der Waals surface area contributed by atoms with Gasteiger partial charge in [0.15, 0.2) is 11.5 Å². The molecule has 3 aromatic rings. The molecule has 0 spiro atoms. The van der Waals surface area contributed by atoms with E-state index in [1.807, 2.05) is 17.9 Å². The smallest absolute Gasteiger partial charge is 0.248 e. The number of fused-ring (bicyclic) bond motifs is 1. The molecule has 2 aliphatic rings. The van der Waals surface area contributed by atoms with Gasteiger partial charge in [0.2, 0.25) is 28.8 Å². The van der Waals surface area contributed by atoms with Crippen molar-refractivity contribution in [3.63, 3.8) is 0 Å². The third-order valence-electron chi connectivity index (χ3n) is 8.35. The number of hydrogen-bond donors (Lipinski definition) is 1. The second-order valence-corrected chi connectivity index (χ2v) is 12.4. The molecule has 0 bridgehead atoms. The Morgan fingerprint density at radius 3 is 2.38 bits per heavy atom. The van der Waals surface area contributed by atoms with Crippen LogP contribution in [0.3, 0.4) is 0 Å². The fraction of sp³-hybridized carbons (Fsp3) is 0.412. The van der Waals surface area contributed by atoms with E-state index in [0.29, 0.717) is 91.0 Å². The zero-order valence-electron chi connectivity index (χ0n) is 27.1. The lowest BCUT2D eigenvalue weighted by atomic mass is 10.1. The zero-order valence-corrected chi connectivity index (χ0v) is 27.9. The number of methoxy groups -OCH3 is 2. The standard InChI is InChI=1S/C34H40N6O6S/c1-5-10-29(41)38-15-17-39(18-16-38)34-35-25-20-28(46-4)27(45-3)19-24(25)30(37-34)36-31(42)26-13-9-14-40(26)32(43)22(2)21-47-33(44)23-11-7-6-8-12-23/h5-8,10-12,19-20,22,26H,9,13-18,21H2,1-4H3,(H,35,36,37,42). The third kappa shape index (κ3) is 7.67. The van der Waals surface area contributed by atoms with Crippen LogP contribution in [0.1, 0.15) is 37.0 Å².